The number of hydrogen-bond donors (Lipinski definition) is 0. The van der Waals surface area contributed by atoms with Crippen LogP contribution in [0.5, 0.6) is 0 Å². The van der Waals surface area contributed by atoms with Crippen molar-refractivity contribution >= 4 is 27.9 Å². The van der Waals surface area contributed by atoms with Crippen LogP contribution in [0.4, 0.5) is 0 Å². The Morgan fingerprint density at radius 3 is 2.08 bits per heavy atom. The molecule has 70 valence electrons. The monoisotopic (exact) mass is 236 g/mol. The highest BCUT2D eigenvalue weighted by molar-refractivity contribution is 9.09. The highest BCUT2D eigenvalue weighted by atomic mass is 79.9. The van der Waals surface area contributed by atoms with Crippen LogP contribution >= 0.6 is 15.9 Å². The average Bonchev–Trinajstić information content (AvgIpc) is 1.82. The molecule has 0 aromatic heterocycles. The number of hydrogen-bond acceptors (Lipinski definition) is 3. The van der Waals surface area contributed by atoms with Crippen LogP contribution in [-0.4, -0.2) is 17.3 Å². The molecule has 0 saturated heterocycles. The van der Waals surface area contributed by atoms with E-state index in [0.717, 1.165) is 0 Å². The van der Waals surface area contributed by atoms with Crippen LogP contribution in [0.3, 0.4) is 0 Å². The molecule has 3 nitrogen and oxygen atoms in total. The van der Waals surface area contributed by atoms with Crippen molar-refractivity contribution in [3.8, 4) is 0 Å². The van der Waals surface area contributed by atoms with Crippen molar-refractivity contribution in [2.75, 3.05) is 5.33 Å². The first-order chi connectivity index (χ1) is 5.35. The van der Waals surface area contributed by atoms with Crippen molar-refractivity contribution in [2.24, 2.45) is 5.41 Å². The first-order valence-corrected chi connectivity index (χ1v) is 4.77. The molecule has 0 aromatic rings. The Morgan fingerprint density at radius 2 is 1.75 bits per heavy atom. The molecule has 0 unspecified atom stereocenters. The first kappa shape index (κ1) is 11.6. The zero-order chi connectivity index (χ0) is 9.78. The Kier molecular flexibility index (Phi) is 4.45. The van der Waals surface area contributed by atoms with Gasteiger partial charge in [0.2, 0.25) is 0 Å². The lowest BCUT2D eigenvalue weighted by Gasteiger charge is -2.15. The van der Waals surface area contributed by atoms with Gasteiger partial charge in [0.25, 0.3) is 0 Å². The summed E-state index contributed by atoms with van der Waals surface area (Å²) in [5.41, 5.74) is -0.135. The molecule has 12 heavy (non-hydrogen) atoms. The molecule has 0 radical (unpaired) electrons. The lowest BCUT2D eigenvalue weighted by atomic mass is 9.93. The molecule has 0 aliphatic rings. The van der Waals surface area contributed by atoms with Crippen LogP contribution in [-0.2, 0) is 14.3 Å². The van der Waals surface area contributed by atoms with Crippen molar-refractivity contribution < 1.29 is 14.3 Å². The zero-order valence-electron chi connectivity index (χ0n) is 7.52. The number of halogens is 1. The zero-order valence-corrected chi connectivity index (χ0v) is 9.10. The van der Waals surface area contributed by atoms with Crippen LogP contribution in [0.2, 0.25) is 0 Å². The fourth-order valence-corrected chi connectivity index (χ4v) is 0.738. The number of carbonyl (C=O) groups is 2. The van der Waals surface area contributed by atoms with Crippen molar-refractivity contribution in [1.82, 2.24) is 0 Å². The normalized spacial score (nSPS) is 11.0. The van der Waals surface area contributed by atoms with Gasteiger partial charge in [0.1, 0.15) is 5.33 Å². The van der Waals surface area contributed by atoms with E-state index in [2.05, 4.69) is 20.7 Å². The largest absolute Gasteiger partial charge is 0.393 e. The lowest BCUT2D eigenvalue weighted by molar-refractivity contribution is -0.158. The molecule has 0 fully saturated rings. The quantitative estimate of drug-likeness (QED) is 0.418. The van der Waals surface area contributed by atoms with Gasteiger partial charge in [-0.25, -0.2) is 0 Å². The van der Waals surface area contributed by atoms with Gasteiger partial charge in [-0.2, -0.15) is 0 Å². The molecule has 0 spiro atoms. The van der Waals surface area contributed by atoms with E-state index in [9.17, 15) is 9.59 Å². The van der Waals surface area contributed by atoms with Gasteiger partial charge >= 0.3 is 11.9 Å². The molecule has 0 bridgehead atoms. The minimum absolute atomic E-state index is 0.0584. The average molecular weight is 237 g/mol. The van der Waals surface area contributed by atoms with Gasteiger partial charge in [-0.3, -0.25) is 9.59 Å². The van der Waals surface area contributed by atoms with Crippen molar-refractivity contribution in [3.05, 3.63) is 0 Å². The predicted octanol–water partition coefficient (Wildman–Crippen LogP) is 1.89. The molecule has 0 amide bonds. The summed E-state index contributed by atoms with van der Waals surface area (Å²) in [5.74, 6) is -1.00. The Morgan fingerprint density at radius 1 is 1.25 bits per heavy atom. The highest BCUT2D eigenvalue weighted by Crippen LogP contribution is 2.18. The minimum Gasteiger partial charge on any atom is -0.393 e. The van der Waals surface area contributed by atoms with Crippen LogP contribution in [0.15, 0.2) is 0 Å². The molecular formula is C8H13BrO3. The van der Waals surface area contributed by atoms with E-state index < -0.39 is 11.9 Å². The summed E-state index contributed by atoms with van der Waals surface area (Å²) in [4.78, 5) is 21.6. The molecule has 0 saturated carbocycles. The van der Waals surface area contributed by atoms with Gasteiger partial charge in [0, 0.05) is 0 Å². The van der Waals surface area contributed by atoms with E-state index in [1.165, 1.54) is 0 Å². The van der Waals surface area contributed by atoms with Gasteiger partial charge in [-0.05, 0) is 5.41 Å². The third-order valence-corrected chi connectivity index (χ3v) is 1.47. The fraction of sp³-hybridized carbons (Fsp3) is 0.750. The Labute approximate surface area is 80.6 Å². The maximum absolute atomic E-state index is 11.0. The second kappa shape index (κ2) is 4.60. The van der Waals surface area contributed by atoms with Crippen LogP contribution < -0.4 is 0 Å². The van der Waals surface area contributed by atoms with E-state index in [0.29, 0.717) is 0 Å². The number of carbonyl (C=O) groups excluding carboxylic acids is 2. The number of ether oxygens (including phenoxy) is 1. The summed E-state index contributed by atoms with van der Waals surface area (Å²) in [6, 6.07) is 0. The Hall–Kier alpha value is -0.380. The topological polar surface area (TPSA) is 43.4 Å². The summed E-state index contributed by atoms with van der Waals surface area (Å²) < 4.78 is 4.45. The SMILES string of the molecule is CC(C)(C)CC(=O)OC(=O)CBr. The van der Waals surface area contributed by atoms with E-state index in [4.69, 9.17) is 0 Å². The Balaban J connectivity index is 3.83. The molecule has 0 aliphatic carbocycles. The van der Waals surface area contributed by atoms with Gasteiger partial charge in [-0.1, -0.05) is 36.7 Å². The second-order valence-electron chi connectivity index (χ2n) is 3.72. The summed E-state index contributed by atoms with van der Waals surface area (Å²) in [7, 11) is 0. The van der Waals surface area contributed by atoms with Crippen molar-refractivity contribution in [3.63, 3.8) is 0 Å². The second-order valence-corrected chi connectivity index (χ2v) is 4.28. The van der Waals surface area contributed by atoms with Crippen molar-refractivity contribution in [1.29, 1.82) is 0 Å². The van der Waals surface area contributed by atoms with Gasteiger partial charge in [0.15, 0.2) is 0 Å². The molecular weight excluding hydrogens is 224 g/mol. The summed E-state index contributed by atoms with van der Waals surface area (Å²) in [6.07, 6.45) is 0.256. The molecule has 4 heteroatoms. The van der Waals surface area contributed by atoms with Gasteiger partial charge in [-0.15, -0.1) is 0 Å². The lowest BCUT2D eigenvalue weighted by Crippen LogP contribution is -2.19. The van der Waals surface area contributed by atoms with Crippen molar-refractivity contribution in [2.45, 2.75) is 27.2 Å². The van der Waals surface area contributed by atoms with Gasteiger partial charge in [0.05, 0.1) is 6.42 Å². The van der Waals surface area contributed by atoms with Crippen LogP contribution in [0.25, 0.3) is 0 Å². The standard InChI is InChI=1S/C8H13BrO3/c1-8(2,3)4-6(10)12-7(11)5-9/h4-5H2,1-3H3. The van der Waals surface area contributed by atoms with Gasteiger partial charge < -0.3 is 4.74 Å². The number of alkyl halides is 1. The summed E-state index contributed by atoms with van der Waals surface area (Å²) in [6.45, 7) is 5.73. The molecule has 0 aliphatic heterocycles. The third-order valence-electron chi connectivity index (χ3n) is 1.01. The predicted molar refractivity (Wildman–Crippen MR) is 49.0 cm³/mol. The summed E-state index contributed by atoms with van der Waals surface area (Å²) >= 11 is 2.90. The molecule has 0 heterocycles. The van der Waals surface area contributed by atoms with E-state index >= 15 is 0 Å². The van der Waals surface area contributed by atoms with E-state index in [1.807, 2.05) is 20.8 Å². The fourth-order valence-electron chi connectivity index (χ4n) is 0.623. The molecule has 0 rings (SSSR count). The molecule has 0 N–H and O–H groups in total. The van der Waals surface area contributed by atoms with Crippen LogP contribution in [0.1, 0.15) is 27.2 Å². The molecule has 0 atom stereocenters. The van der Waals surface area contributed by atoms with Crippen LogP contribution in [0, 0.1) is 5.41 Å². The minimum atomic E-state index is -0.538. The maximum Gasteiger partial charge on any atom is 0.324 e. The molecule has 0 aromatic carbocycles. The van der Waals surface area contributed by atoms with E-state index in [1.54, 1.807) is 0 Å². The smallest absolute Gasteiger partial charge is 0.324 e. The number of rotatable bonds is 2. The third kappa shape index (κ3) is 6.34. The van der Waals surface area contributed by atoms with E-state index in [-0.39, 0.29) is 17.2 Å². The first-order valence-electron chi connectivity index (χ1n) is 3.64. The number of esters is 2. The highest BCUT2D eigenvalue weighted by Gasteiger charge is 2.18. The maximum atomic E-state index is 11.0. The summed E-state index contributed by atoms with van der Waals surface area (Å²) in [5, 5.41) is 0.0584. The Bertz CT molecular complexity index is 181.